The summed E-state index contributed by atoms with van der Waals surface area (Å²) in [4.78, 5) is 24.4. The van der Waals surface area contributed by atoms with Crippen LogP contribution in [0.3, 0.4) is 0 Å². The minimum absolute atomic E-state index is 0.189. The van der Waals surface area contributed by atoms with Gasteiger partial charge in [0.2, 0.25) is 5.95 Å². The number of β-amino-alcohol motifs (C(OH)–C–C–N with tert-alkyl or cyclic N) is 1. The van der Waals surface area contributed by atoms with Gasteiger partial charge in [-0.2, -0.15) is 10.2 Å². The molecule has 8 heteroatoms. The van der Waals surface area contributed by atoms with Crippen LogP contribution in [-0.4, -0.2) is 68.4 Å². The van der Waals surface area contributed by atoms with E-state index in [4.69, 9.17) is 0 Å². The number of amides is 1. The molecule has 1 N–H and O–H groups in total. The van der Waals surface area contributed by atoms with Crippen molar-refractivity contribution >= 4 is 11.9 Å². The quantitative estimate of drug-likeness (QED) is 0.866. The second-order valence-electron chi connectivity index (χ2n) is 6.09. The summed E-state index contributed by atoms with van der Waals surface area (Å²) < 4.78 is 0. The summed E-state index contributed by atoms with van der Waals surface area (Å²) in [6.45, 7) is 1.42. The first-order valence-corrected chi connectivity index (χ1v) is 7.84. The Balaban J connectivity index is 1.68. The monoisotopic (exact) mass is 328 g/mol. The van der Waals surface area contributed by atoms with E-state index in [1.165, 1.54) is 17.3 Å². The fraction of sp³-hybridized carbons (Fsp3) is 0.438. The van der Waals surface area contributed by atoms with Gasteiger partial charge in [0.15, 0.2) is 0 Å². The highest BCUT2D eigenvalue weighted by molar-refractivity contribution is 5.93. The number of aromatic nitrogens is 4. The van der Waals surface area contributed by atoms with E-state index >= 15 is 0 Å². The normalized spacial score (nSPS) is 20.7. The molecule has 1 atom stereocenters. The zero-order valence-electron chi connectivity index (χ0n) is 13.5. The van der Waals surface area contributed by atoms with Gasteiger partial charge < -0.3 is 14.9 Å². The van der Waals surface area contributed by atoms with E-state index in [1.807, 2.05) is 4.90 Å². The molecule has 8 nitrogen and oxygen atoms in total. The van der Waals surface area contributed by atoms with Crippen LogP contribution in [-0.2, 0) is 0 Å². The summed E-state index contributed by atoms with van der Waals surface area (Å²) in [5.74, 6) is 0.411. The maximum Gasteiger partial charge on any atom is 0.255 e. The van der Waals surface area contributed by atoms with Gasteiger partial charge in [0.05, 0.1) is 36.6 Å². The van der Waals surface area contributed by atoms with Gasteiger partial charge in [-0.15, -0.1) is 0 Å². The van der Waals surface area contributed by atoms with Crippen molar-refractivity contribution in [2.45, 2.75) is 18.4 Å². The number of carbonyl (C=O) groups is 1. The van der Waals surface area contributed by atoms with E-state index in [0.717, 1.165) is 13.0 Å². The van der Waals surface area contributed by atoms with Gasteiger partial charge in [0, 0.05) is 26.0 Å². The van der Waals surface area contributed by atoms with Gasteiger partial charge in [0.1, 0.15) is 0 Å². The summed E-state index contributed by atoms with van der Waals surface area (Å²) in [6.07, 6.45) is 7.71. The number of hydrogen-bond donors (Lipinski definition) is 1. The summed E-state index contributed by atoms with van der Waals surface area (Å²) in [6, 6.07) is 3.37. The lowest BCUT2D eigenvalue weighted by Gasteiger charge is -2.41. The Morgan fingerprint density at radius 3 is 2.83 bits per heavy atom. The number of piperidine rings is 1. The molecule has 3 heterocycles. The lowest BCUT2D eigenvalue weighted by Crippen LogP contribution is -2.55. The highest BCUT2D eigenvalue weighted by Gasteiger charge is 2.36. The average Bonchev–Trinajstić information content (AvgIpc) is 2.62. The number of hydrogen-bond acceptors (Lipinski definition) is 7. The first kappa shape index (κ1) is 16.3. The van der Waals surface area contributed by atoms with Crippen LogP contribution in [0.2, 0.25) is 0 Å². The zero-order valence-corrected chi connectivity index (χ0v) is 13.5. The topological polar surface area (TPSA) is 95.3 Å². The number of likely N-dealkylation sites (N-methyl/N-ethyl adjacent to an activating group) is 1. The maximum atomic E-state index is 12.4. The van der Waals surface area contributed by atoms with Crippen LogP contribution >= 0.6 is 0 Å². The maximum absolute atomic E-state index is 12.4. The smallest absolute Gasteiger partial charge is 0.255 e. The molecule has 1 saturated heterocycles. The number of nitrogens with zero attached hydrogens (tertiary/aromatic N) is 6. The molecule has 126 valence electrons. The third kappa shape index (κ3) is 3.65. The Hall–Kier alpha value is -2.61. The van der Waals surface area contributed by atoms with Gasteiger partial charge >= 0.3 is 0 Å². The minimum Gasteiger partial charge on any atom is -0.386 e. The standard InChI is InChI=1S/C16H20N6O2/c1-21(14(23)13-4-8-19-20-10-13)11-16(24)5-2-9-22(12-16)15-17-6-3-7-18-15/h3-4,6-8,10,24H,2,5,9,11-12H2,1H3/t16-/m1/s1. The van der Waals surface area contributed by atoms with E-state index in [1.54, 1.807) is 31.6 Å². The summed E-state index contributed by atoms with van der Waals surface area (Å²) in [5.41, 5.74) is -0.544. The van der Waals surface area contributed by atoms with Crippen LogP contribution in [0.25, 0.3) is 0 Å². The first-order chi connectivity index (χ1) is 11.6. The molecule has 0 aliphatic carbocycles. The minimum atomic E-state index is -0.998. The molecule has 2 aromatic heterocycles. The number of anilines is 1. The Labute approximate surface area is 140 Å². The molecule has 1 fully saturated rings. The highest BCUT2D eigenvalue weighted by Crippen LogP contribution is 2.24. The predicted molar refractivity (Wildman–Crippen MR) is 87.4 cm³/mol. The van der Waals surface area contributed by atoms with Crippen LogP contribution in [0.5, 0.6) is 0 Å². The van der Waals surface area contributed by atoms with Crippen molar-refractivity contribution in [1.29, 1.82) is 0 Å². The van der Waals surface area contributed by atoms with Crippen molar-refractivity contribution in [3.8, 4) is 0 Å². The van der Waals surface area contributed by atoms with E-state index in [-0.39, 0.29) is 12.5 Å². The van der Waals surface area contributed by atoms with Gasteiger partial charge in [-0.1, -0.05) is 0 Å². The van der Waals surface area contributed by atoms with Crippen LogP contribution in [0.1, 0.15) is 23.2 Å². The third-order valence-electron chi connectivity index (χ3n) is 4.10. The van der Waals surface area contributed by atoms with Gasteiger partial charge in [0.25, 0.3) is 5.91 Å². The van der Waals surface area contributed by atoms with Crippen molar-refractivity contribution in [3.05, 3.63) is 42.5 Å². The Morgan fingerprint density at radius 1 is 1.33 bits per heavy atom. The van der Waals surface area contributed by atoms with Crippen LogP contribution in [0.15, 0.2) is 36.9 Å². The average molecular weight is 328 g/mol. The van der Waals surface area contributed by atoms with Crippen molar-refractivity contribution in [3.63, 3.8) is 0 Å². The molecule has 1 aliphatic rings. The van der Waals surface area contributed by atoms with Gasteiger partial charge in [-0.05, 0) is 25.0 Å². The predicted octanol–water partition coefficient (Wildman–Crippen LogP) is 0.370. The summed E-state index contributed by atoms with van der Waals surface area (Å²) in [5, 5.41) is 18.3. The number of carbonyl (C=O) groups excluding carboxylic acids is 1. The SMILES string of the molecule is CN(C[C@]1(O)CCCN(c2ncccn2)C1)C(=O)c1ccnnc1. The highest BCUT2D eigenvalue weighted by atomic mass is 16.3. The van der Waals surface area contributed by atoms with E-state index < -0.39 is 5.60 Å². The Morgan fingerprint density at radius 2 is 2.12 bits per heavy atom. The fourth-order valence-corrected chi connectivity index (χ4v) is 3.02. The molecular weight excluding hydrogens is 308 g/mol. The largest absolute Gasteiger partial charge is 0.386 e. The van der Waals surface area contributed by atoms with Crippen molar-refractivity contribution < 1.29 is 9.90 Å². The summed E-state index contributed by atoms with van der Waals surface area (Å²) in [7, 11) is 1.68. The zero-order chi connectivity index (χ0) is 17.0. The molecule has 2 aromatic rings. The van der Waals surface area contributed by atoms with E-state index in [0.29, 0.717) is 24.5 Å². The molecule has 1 amide bonds. The molecule has 0 saturated carbocycles. The van der Waals surface area contributed by atoms with Gasteiger partial charge in [-0.25, -0.2) is 9.97 Å². The van der Waals surface area contributed by atoms with Crippen molar-refractivity contribution in [2.24, 2.45) is 0 Å². The Bertz CT molecular complexity index is 683. The second kappa shape index (κ2) is 6.88. The van der Waals surface area contributed by atoms with Crippen molar-refractivity contribution in [1.82, 2.24) is 25.1 Å². The molecule has 0 unspecified atom stereocenters. The molecule has 0 radical (unpaired) electrons. The molecule has 0 aromatic carbocycles. The lowest BCUT2D eigenvalue weighted by atomic mass is 9.92. The van der Waals surface area contributed by atoms with Crippen molar-refractivity contribution in [2.75, 3.05) is 31.6 Å². The van der Waals surface area contributed by atoms with Gasteiger partial charge in [-0.3, -0.25) is 4.79 Å². The van der Waals surface area contributed by atoms with E-state index in [9.17, 15) is 9.90 Å². The molecule has 0 spiro atoms. The second-order valence-corrected chi connectivity index (χ2v) is 6.09. The molecular formula is C16H20N6O2. The Kier molecular flexibility index (Phi) is 4.66. The lowest BCUT2D eigenvalue weighted by molar-refractivity contribution is -0.000311. The number of aliphatic hydroxyl groups is 1. The van der Waals surface area contributed by atoms with Crippen LogP contribution < -0.4 is 4.90 Å². The number of rotatable bonds is 4. The molecule has 0 bridgehead atoms. The van der Waals surface area contributed by atoms with E-state index in [2.05, 4.69) is 20.2 Å². The molecule has 1 aliphatic heterocycles. The van der Waals surface area contributed by atoms with Crippen LogP contribution in [0, 0.1) is 0 Å². The first-order valence-electron chi connectivity index (χ1n) is 7.84. The van der Waals surface area contributed by atoms with Crippen LogP contribution in [0.4, 0.5) is 5.95 Å². The summed E-state index contributed by atoms with van der Waals surface area (Å²) >= 11 is 0. The molecule has 24 heavy (non-hydrogen) atoms. The third-order valence-corrected chi connectivity index (χ3v) is 4.10. The molecule has 3 rings (SSSR count). The fourth-order valence-electron chi connectivity index (χ4n) is 3.02.